The second-order valence-corrected chi connectivity index (χ2v) is 10.9. The summed E-state index contributed by atoms with van der Waals surface area (Å²) in [5.41, 5.74) is 2.53. The van der Waals surface area contributed by atoms with Crippen LogP contribution in [0.25, 0.3) is 10.9 Å². The van der Waals surface area contributed by atoms with Gasteiger partial charge >= 0.3 is 5.97 Å². The Morgan fingerprint density at radius 2 is 2.00 bits per heavy atom. The molecule has 2 heterocycles. The number of thioether (sulfide) groups is 1. The van der Waals surface area contributed by atoms with Crippen LogP contribution in [0.4, 0.5) is 0 Å². The molecular formula is C28H33ClN2O3S. The molecule has 1 aliphatic heterocycles. The van der Waals surface area contributed by atoms with Crippen LogP contribution in [0.2, 0.25) is 5.02 Å². The van der Waals surface area contributed by atoms with Crippen molar-refractivity contribution < 1.29 is 14.6 Å². The van der Waals surface area contributed by atoms with Crippen molar-refractivity contribution in [2.24, 2.45) is 5.41 Å². The summed E-state index contributed by atoms with van der Waals surface area (Å²) >= 11 is 8.39. The van der Waals surface area contributed by atoms with Crippen molar-refractivity contribution in [3.8, 4) is 5.75 Å². The molecule has 7 heteroatoms. The molecule has 0 aliphatic carbocycles. The monoisotopic (exact) mass is 512 g/mol. The lowest BCUT2D eigenvalue weighted by molar-refractivity contribution is -0.152. The van der Waals surface area contributed by atoms with Crippen LogP contribution in [0.15, 0.2) is 53.6 Å². The van der Waals surface area contributed by atoms with E-state index in [0.717, 1.165) is 60.4 Å². The smallest absolute Gasteiger partial charge is 0.309 e. The molecule has 0 saturated carbocycles. The first kappa shape index (κ1) is 25.8. The van der Waals surface area contributed by atoms with Gasteiger partial charge in [-0.25, -0.2) is 0 Å². The van der Waals surface area contributed by atoms with E-state index >= 15 is 0 Å². The van der Waals surface area contributed by atoms with Gasteiger partial charge in [-0.1, -0.05) is 29.8 Å². The standard InChI is InChI=1S/C28H33ClN2O3S/c1-20-6-3-4-8-26(20)35-17-16-31-14-12-28(13-15-31,27(32)33)11-5-7-22-23-18-21(34-2)9-10-25(23)30-19-24(22)29/h3-4,6,8-10,18-19H,5,7,11-17H2,1-2H3,(H,32,33). The zero-order valence-corrected chi connectivity index (χ0v) is 22.0. The molecule has 35 heavy (non-hydrogen) atoms. The molecule has 186 valence electrons. The van der Waals surface area contributed by atoms with Crippen molar-refractivity contribution in [3.05, 3.63) is 64.8 Å². The van der Waals surface area contributed by atoms with E-state index in [0.29, 0.717) is 24.3 Å². The number of aromatic nitrogens is 1. The molecule has 1 fully saturated rings. The number of carboxylic acids is 1. The molecule has 2 aromatic carbocycles. The number of rotatable bonds is 10. The Morgan fingerprint density at radius 1 is 1.23 bits per heavy atom. The summed E-state index contributed by atoms with van der Waals surface area (Å²) in [6.45, 7) is 4.78. The number of benzene rings is 2. The minimum Gasteiger partial charge on any atom is -0.497 e. The molecule has 0 bridgehead atoms. The molecule has 1 saturated heterocycles. The number of nitrogens with zero attached hydrogens (tertiary/aromatic N) is 2. The van der Waals surface area contributed by atoms with Crippen LogP contribution in [0.5, 0.6) is 5.75 Å². The maximum atomic E-state index is 12.3. The van der Waals surface area contributed by atoms with E-state index in [1.807, 2.05) is 30.0 Å². The van der Waals surface area contributed by atoms with Gasteiger partial charge in [0.2, 0.25) is 0 Å². The molecule has 3 aromatic rings. The van der Waals surface area contributed by atoms with Crippen LogP contribution in [-0.4, -0.2) is 53.5 Å². The third kappa shape index (κ3) is 6.11. The Bertz CT molecular complexity index is 1180. The number of carbonyl (C=O) groups is 1. The van der Waals surface area contributed by atoms with Crippen molar-refractivity contribution in [2.45, 2.75) is 43.9 Å². The number of fused-ring (bicyclic) bond motifs is 1. The first-order chi connectivity index (χ1) is 16.9. The SMILES string of the molecule is COc1ccc2ncc(Cl)c(CCCC3(C(=O)O)CCN(CCSc4ccccc4C)CC3)c2c1. The molecule has 0 atom stereocenters. The van der Waals surface area contributed by atoms with E-state index in [1.54, 1.807) is 13.3 Å². The number of piperidine rings is 1. The minimum atomic E-state index is -0.668. The summed E-state index contributed by atoms with van der Waals surface area (Å²) in [5, 5.41) is 11.7. The molecule has 1 N–H and O–H groups in total. The second kappa shape index (κ2) is 11.6. The Hall–Kier alpha value is -2.28. The van der Waals surface area contributed by atoms with Crippen LogP contribution in [0.3, 0.4) is 0 Å². The fourth-order valence-corrected chi connectivity index (χ4v) is 6.25. The number of carboxylic acid groups (broad SMARTS) is 1. The first-order valence-electron chi connectivity index (χ1n) is 12.2. The summed E-state index contributed by atoms with van der Waals surface area (Å²) in [4.78, 5) is 20.5. The first-order valence-corrected chi connectivity index (χ1v) is 13.5. The van der Waals surface area contributed by atoms with Gasteiger partial charge in [0.25, 0.3) is 0 Å². The zero-order chi connectivity index (χ0) is 24.8. The number of hydrogen-bond acceptors (Lipinski definition) is 5. The average molecular weight is 513 g/mol. The third-order valence-electron chi connectivity index (χ3n) is 7.24. The van der Waals surface area contributed by atoms with E-state index in [1.165, 1.54) is 10.5 Å². The highest BCUT2D eigenvalue weighted by atomic mass is 35.5. The lowest BCUT2D eigenvalue weighted by Gasteiger charge is -2.39. The van der Waals surface area contributed by atoms with E-state index < -0.39 is 11.4 Å². The number of likely N-dealkylation sites (tertiary alicyclic amines) is 1. The van der Waals surface area contributed by atoms with Crippen LogP contribution >= 0.6 is 23.4 Å². The lowest BCUT2D eigenvalue weighted by atomic mass is 9.74. The van der Waals surface area contributed by atoms with Crippen LogP contribution in [-0.2, 0) is 11.2 Å². The fourth-order valence-electron chi connectivity index (χ4n) is 4.97. The lowest BCUT2D eigenvalue weighted by Crippen LogP contribution is -2.45. The highest BCUT2D eigenvalue weighted by Crippen LogP contribution is 2.38. The van der Waals surface area contributed by atoms with Gasteiger partial charge in [0.15, 0.2) is 0 Å². The molecule has 0 spiro atoms. The summed E-state index contributed by atoms with van der Waals surface area (Å²) in [6.07, 6.45) is 5.21. The number of aryl methyl sites for hydroxylation is 2. The third-order valence-corrected chi connectivity index (χ3v) is 8.72. The van der Waals surface area contributed by atoms with Crippen LogP contribution in [0, 0.1) is 12.3 Å². The predicted molar refractivity (Wildman–Crippen MR) is 144 cm³/mol. The van der Waals surface area contributed by atoms with E-state index in [-0.39, 0.29) is 0 Å². The van der Waals surface area contributed by atoms with Gasteiger partial charge in [0.1, 0.15) is 5.75 Å². The molecule has 1 aromatic heterocycles. The van der Waals surface area contributed by atoms with Crippen molar-refractivity contribution >= 4 is 40.2 Å². The topological polar surface area (TPSA) is 62.7 Å². The highest BCUT2D eigenvalue weighted by molar-refractivity contribution is 7.99. The molecule has 1 aliphatic rings. The Labute approximate surface area is 216 Å². The maximum Gasteiger partial charge on any atom is 0.309 e. The van der Waals surface area contributed by atoms with Crippen molar-refractivity contribution in [1.29, 1.82) is 0 Å². The van der Waals surface area contributed by atoms with Gasteiger partial charge in [-0.05, 0) is 87.5 Å². The predicted octanol–water partition coefficient (Wildman–Crippen LogP) is 6.49. The Kier molecular flexibility index (Phi) is 8.58. The maximum absolute atomic E-state index is 12.3. The fraction of sp³-hybridized carbons (Fsp3) is 0.429. The van der Waals surface area contributed by atoms with Gasteiger partial charge in [0.05, 0.1) is 23.1 Å². The molecule has 0 unspecified atom stereocenters. The molecular weight excluding hydrogens is 480 g/mol. The van der Waals surface area contributed by atoms with E-state index in [2.05, 4.69) is 41.1 Å². The van der Waals surface area contributed by atoms with Gasteiger partial charge in [0, 0.05) is 28.8 Å². The summed E-state index contributed by atoms with van der Waals surface area (Å²) in [7, 11) is 1.64. The van der Waals surface area contributed by atoms with Crippen LogP contribution < -0.4 is 4.74 Å². The molecule has 0 amide bonds. The summed E-state index contributed by atoms with van der Waals surface area (Å²) < 4.78 is 5.38. The number of aliphatic carboxylic acids is 1. The summed E-state index contributed by atoms with van der Waals surface area (Å²) in [6, 6.07) is 14.2. The number of hydrogen-bond donors (Lipinski definition) is 1. The van der Waals surface area contributed by atoms with Gasteiger partial charge in [-0.3, -0.25) is 9.78 Å². The average Bonchev–Trinajstić information content (AvgIpc) is 2.87. The quantitative estimate of drug-likeness (QED) is 0.313. The van der Waals surface area contributed by atoms with Crippen LogP contribution in [0.1, 0.15) is 36.8 Å². The number of pyridine rings is 1. The number of ether oxygens (including phenoxy) is 1. The Morgan fingerprint density at radius 3 is 2.71 bits per heavy atom. The van der Waals surface area contributed by atoms with Crippen molar-refractivity contribution in [3.63, 3.8) is 0 Å². The van der Waals surface area contributed by atoms with Crippen molar-refractivity contribution in [1.82, 2.24) is 9.88 Å². The molecule has 5 nitrogen and oxygen atoms in total. The Balaban J connectivity index is 1.33. The van der Waals surface area contributed by atoms with Gasteiger partial charge < -0.3 is 14.7 Å². The van der Waals surface area contributed by atoms with Gasteiger partial charge in [-0.2, -0.15) is 0 Å². The zero-order valence-electron chi connectivity index (χ0n) is 20.4. The molecule has 0 radical (unpaired) electrons. The molecule has 4 rings (SSSR count). The largest absolute Gasteiger partial charge is 0.497 e. The number of methoxy groups -OCH3 is 1. The highest BCUT2D eigenvalue weighted by Gasteiger charge is 2.40. The van der Waals surface area contributed by atoms with Crippen molar-refractivity contribution in [2.75, 3.05) is 32.5 Å². The van der Waals surface area contributed by atoms with E-state index in [4.69, 9.17) is 16.3 Å². The summed E-state index contributed by atoms with van der Waals surface area (Å²) in [5.74, 6) is 1.11. The van der Waals surface area contributed by atoms with E-state index in [9.17, 15) is 9.90 Å². The second-order valence-electron chi connectivity index (χ2n) is 9.36. The van der Waals surface area contributed by atoms with Gasteiger partial charge in [-0.15, -0.1) is 11.8 Å². The number of halogens is 1. The minimum absolute atomic E-state index is 0.621. The normalized spacial score (nSPS) is 15.9.